The van der Waals surface area contributed by atoms with Gasteiger partial charge in [-0.15, -0.1) is 35.3 Å². The molecule has 2 aromatic heterocycles. The molecule has 0 fully saturated rings. The van der Waals surface area contributed by atoms with E-state index >= 15 is 0 Å². The number of aromatic nitrogens is 2. The first-order chi connectivity index (χ1) is 9.69. The molecule has 0 bridgehead atoms. The van der Waals surface area contributed by atoms with Gasteiger partial charge in [-0.3, -0.25) is 0 Å². The van der Waals surface area contributed by atoms with E-state index in [2.05, 4.69) is 44.1 Å². The number of aliphatic imine (C=N–C) groups is 1. The normalized spacial score (nSPS) is 11.1. The maximum atomic E-state index is 4.92. The summed E-state index contributed by atoms with van der Waals surface area (Å²) in [6.45, 7) is 7.88. The van der Waals surface area contributed by atoms with Crippen LogP contribution in [-0.4, -0.2) is 22.6 Å². The summed E-state index contributed by atoms with van der Waals surface area (Å²) in [5.74, 6) is 1.90. The minimum absolute atomic E-state index is 0. The molecule has 0 atom stereocenters. The van der Waals surface area contributed by atoms with Gasteiger partial charge in [-0.05, 0) is 30.9 Å². The molecule has 0 aliphatic heterocycles. The predicted octanol–water partition coefficient (Wildman–Crippen LogP) is 2.62. The summed E-state index contributed by atoms with van der Waals surface area (Å²) in [4.78, 5) is 9.88. The minimum atomic E-state index is 0. The molecule has 2 heterocycles. The number of halogens is 1. The van der Waals surface area contributed by atoms with Crippen molar-refractivity contribution in [3.05, 3.63) is 33.6 Å². The predicted molar refractivity (Wildman–Crippen MR) is 95.2 cm³/mol. The molecule has 21 heavy (non-hydrogen) atoms. The monoisotopic (exact) mass is 421 g/mol. The van der Waals surface area contributed by atoms with Crippen LogP contribution in [0, 0.1) is 13.8 Å². The van der Waals surface area contributed by atoms with Crippen LogP contribution >= 0.6 is 35.3 Å². The first kappa shape index (κ1) is 17.9. The summed E-state index contributed by atoms with van der Waals surface area (Å²) in [6.07, 6.45) is 0. The fourth-order valence-corrected chi connectivity index (χ4v) is 2.49. The second kappa shape index (κ2) is 8.98. The van der Waals surface area contributed by atoms with Gasteiger partial charge in [0.1, 0.15) is 6.54 Å². The Morgan fingerprint density at radius 1 is 1.38 bits per heavy atom. The van der Waals surface area contributed by atoms with Gasteiger partial charge in [-0.2, -0.15) is 4.98 Å². The molecule has 0 aliphatic rings. The van der Waals surface area contributed by atoms with Crippen LogP contribution in [0.2, 0.25) is 0 Å². The van der Waals surface area contributed by atoms with Gasteiger partial charge in [-0.1, -0.05) is 5.16 Å². The lowest BCUT2D eigenvalue weighted by atomic mass is 10.3. The van der Waals surface area contributed by atoms with E-state index in [4.69, 9.17) is 4.52 Å². The zero-order valence-electron chi connectivity index (χ0n) is 12.3. The Labute approximate surface area is 145 Å². The Morgan fingerprint density at radius 3 is 2.76 bits per heavy atom. The second-order valence-corrected chi connectivity index (χ2v) is 5.31. The van der Waals surface area contributed by atoms with Gasteiger partial charge >= 0.3 is 0 Å². The van der Waals surface area contributed by atoms with Crippen LogP contribution < -0.4 is 10.6 Å². The molecule has 2 N–H and O–H groups in total. The third kappa shape index (κ3) is 5.62. The van der Waals surface area contributed by atoms with Crippen molar-refractivity contribution in [3.63, 3.8) is 0 Å². The molecule has 0 saturated carbocycles. The minimum Gasteiger partial charge on any atom is -0.357 e. The summed E-state index contributed by atoms with van der Waals surface area (Å²) in [5.41, 5.74) is 1.30. The Balaban J connectivity index is 0.00000220. The van der Waals surface area contributed by atoms with Crippen molar-refractivity contribution >= 4 is 41.3 Å². The van der Waals surface area contributed by atoms with Crippen molar-refractivity contribution in [2.75, 3.05) is 6.54 Å². The van der Waals surface area contributed by atoms with Crippen molar-refractivity contribution < 1.29 is 4.52 Å². The van der Waals surface area contributed by atoms with E-state index in [0.29, 0.717) is 18.3 Å². The van der Waals surface area contributed by atoms with Crippen LogP contribution in [0.25, 0.3) is 0 Å². The van der Waals surface area contributed by atoms with Crippen molar-refractivity contribution in [2.24, 2.45) is 4.99 Å². The van der Waals surface area contributed by atoms with Gasteiger partial charge in [0.15, 0.2) is 11.8 Å². The molecule has 0 radical (unpaired) electrons. The van der Waals surface area contributed by atoms with Crippen molar-refractivity contribution in [1.29, 1.82) is 0 Å². The third-order valence-corrected chi connectivity index (χ3v) is 3.70. The summed E-state index contributed by atoms with van der Waals surface area (Å²) < 4.78 is 4.92. The van der Waals surface area contributed by atoms with Gasteiger partial charge in [0, 0.05) is 18.3 Å². The van der Waals surface area contributed by atoms with Gasteiger partial charge in [0.05, 0.1) is 6.54 Å². The molecule has 2 rings (SSSR count). The summed E-state index contributed by atoms with van der Waals surface area (Å²) >= 11 is 1.74. The zero-order chi connectivity index (χ0) is 14.4. The first-order valence-electron chi connectivity index (χ1n) is 6.53. The quantitative estimate of drug-likeness (QED) is 0.441. The molecular weight excluding hydrogens is 401 g/mol. The van der Waals surface area contributed by atoms with Gasteiger partial charge < -0.3 is 15.2 Å². The number of thiophene rings is 1. The molecule has 0 amide bonds. The number of guanidine groups is 1. The highest BCUT2D eigenvalue weighted by Gasteiger charge is 2.04. The average molecular weight is 421 g/mol. The highest BCUT2D eigenvalue weighted by atomic mass is 127. The van der Waals surface area contributed by atoms with Gasteiger partial charge in [0.2, 0.25) is 5.89 Å². The summed E-state index contributed by atoms with van der Waals surface area (Å²) in [7, 11) is 0. The van der Waals surface area contributed by atoms with E-state index in [1.54, 1.807) is 18.3 Å². The summed E-state index contributed by atoms with van der Waals surface area (Å²) in [6, 6.07) is 2.12. The maximum Gasteiger partial charge on any atom is 0.223 e. The van der Waals surface area contributed by atoms with Crippen molar-refractivity contribution in [3.8, 4) is 0 Å². The van der Waals surface area contributed by atoms with Crippen LogP contribution in [0.1, 0.15) is 29.1 Å². The third-order valence-electron chi connectivity index (χ3n) is 2.68. The van der Waals surface area contributed by atoms with E-state index in [-0.39, 0.29) is 24.0 Å². The number of rotatable bonds is 5. The highest BCUT2D eigenvalue weighted by Crippen LogP contribution is 2.14. The fourth-order valence-electron chi connectivity index (χ4n) is 1.65. The Bertz CT molecular complexity index is 581. The van der Waals surface area contributed by atoms with Gasteiger partial charge in [-0.25, -0.2) is 4.99 Å². The van der Waals surface area contributed by atoms with E-state index in [1.165, 1.54) is 10.4 Å². The fraction of sp³-hybridized carbons (Fsp3) is 0.462. The molecule has 6 nitrogen and oxygen atoms in total. The number of nitrogens with zero attached hydrogens (tertiary/aromatic N) is 3. The molecule has 116 valence electrons. The van der Waals surface area contributed by atoms with Crippen LogP contribution in [0.4, 0.5) is 0 Å². The first-order valence-corrected chi connectivity index (χ1v) is 7.41. The SMILES string of the molecule is CCNC(=NCc1noc(C)n1)NCc1sccc1C.I. The van der Waals surface area contributed by atoms with E-state index in [0.717, 1.165) is 19.0 Å². The molecule has 0 saturated heterocycles. The van der Waals surface area contributed by atoms with E-state index < -0.39 is 0 Å². The Morgan fingerprint density at radius 2 is 2.19 bits per heavy atom. The number of hydrogen-bond acceptors (Lipinski definition) is 5. The molecule has 2 aromatic rings. The lowest BCUT2D eigenvalue weighted by Crippen LogP contribution is -2.36. The van der Waals surface area contributed by atoms with Crippen LogP contribution in [0.3, 0.4) is 0 Å². The van der Waals surface area contributed by atoms with Crippen LogP contribution in [0.15, 0.2) is 21.0 Å². The number of nitrogens with one attached hydrogen (secondary N) is 2. The largest absolute Gasteiger partial charge is 0.357 e. The number of hydrogen-bond donors (Lipinski definition) is 2. The standard InChI is InChI=1S/C13H19N5OS.HI/c1-4-14-13(15-7-11-9(2)5-6-20-11)16-8-12-17-10(3)19-18-12;/h5-6H,4,7-8H2,1-3H3,(H2,14,15,16);1H. The summed E-state index contributed by atoms with van der Waals surface area (Å²) in [5, 5.41) is 12.4. The smallest absolute Gasteiger partial charge is 0.223 e. The molecule has 0 aromatic carbocycles. The van der Waals surface area contributed by atoms with Crippen molar-refractivity contribution in [1.82, 2.24) is 20.8 Å². The molecule has 8 heteroatoms. The Kier molecular flexibility index (Phi) is 7.65. The van der Waals surface area contributed by atoms with Crippen LogP contribution in [0.5, 0.6) is 0 Å². The lowest BCUT2D eigenvalue weighted by Gasteiger charge is -2.10. The molecule has 0 unspecified atom stereocenters. The number of aryl methyl sites for hydroxylation is 2. The molecular formula is C13H20IN5OS. The van der Waals surface area contributed by atoms with Crippen LogP contribution in [-0.2, 0) is 13.1 Å². The maximum absolute atomic E-state index is 4.92. The average Bonchev–Trinajstić information content (AvgIpc) is 3.02. The second-order valence-electron chi connectivity index (χ2n) is 4.31. The van der Waals surface area contributed by atoms with E-state index in [9.17, 15) is 0 Å². The molecule has 0 aliphatic carbocycles. The lowest BCUT2D eigenvalue weighted by molar-refractivity contribution is 0.387. The highest BCUT2D eigenvalue weighted by molar-refractivity contribution is 14.0. The zero-order valence-corrected chi connectivity index (χ0v) is 15.5. The topological polar surface area (TPSA) is 75.3 Å². The van der Waals surface area contributed by atoms with Crippen molar-refractivity contribution in [2.45, 2.75) is 33.9 Å². The molecule has 0 spiro atoms. The Hall–Kier alpha value is -1.16. The van der Waals surface area contributed by atoms with Gasteiger partial charge in [0.25, 0.3) is 0 Å². The van der Waals surface area contributed by atoms with E-state index in [1.807, 2.05) is 6.92 Å².